The highest BCUT2D eigenvalue weighted by Crippen LogP contribution is 2.46. The third kappa shape index (κ3) is 9.22. The number of sulfonamides is 1. The zero-order chi connectivity index (χ0) is 37.1. The van der Waals surface area contributed by atoms with Crippen molar-refractivity contribution in [3.8, 4) is 0 Å². The van der Waals surface area contributed by atoms with E-state index in [1.54, 1.807) is 13.8 Å². The Labute approximate surface area is 293 Å². The van der Waals surface area contributed by atoms with Gasteiger partial charge in [-0.1, -0.05) is 45.7 Å². The van der Waals surface area contributed by atoms with E-state index in [-0.39, 0.29) is 28.0 Å². The Balaban J connectivity index is 1.49. The maximum absolute atomic E-state index is 14.1. The third-order valence-corrected chi connectivity index (χ3v) is 10.8. The average Bonchev–Trinajstić information content (AvgIpc) is 3.68. The molecule has 2 aliphatic rings. The van der Waals surface area contributed by atoms with Crippen LogP contribution in [0.25, 0.3) is 0 Å². The van der Waals surface area contributed by atoms with Crippen molar-refractivity contribution in [2.45, 2.75) is 82.6 Å². The van der Waals surface area contributed by atoms with Crippen LogP contribution < -0.4 is 15.4 Å². The number of carbonyl (C=O) groups is 5. The Morgan fingerprint density at radius 3 is 1.86 bits per heavy atom. The number of alkyl halides is 3. The average molecular weight is 741 g/mol. The van der Waals surface area contributed by atoms with Crippen molar-refractivity contribution in [1.82, 2.24) is 20.3 Å². The third-order valence-electron chi connectivity index (χ3n) is 9.22. The number of ketones is 1. The van der Waals surface area contributed by atoms with Gasteiger partial charge in [-0.3, -0.25) is 24.0 Å². The Morgan fingerprint density at radius 1 is 0.820 bits per heavy atom. The van der Waals surface area contributed by atoms with E-state index >= 15 is 0 Å². The summed E-state index contributed by atoms with van der Waals surface area (Å²) in [5, 5.41) is 5.19. The van der Waals surface area contributed by atoms with Crippen LogP contribution in [0.1, 0.15) is 74.1 Å². The van der Waals surface area contributed by atoms with E-state index in [9.17, 15) is 45.6 Å². The molecule has 272 valence electrons. The van der Waals surface area contributed by atoms with Gasteiger partial charge in [0.15, 0.2) is 0 Å². The first-order chi connectivity index (χ1) is 23.3. The zero-order valence-corrected chi connectivity index (χ0v) is 29.5. The summed E-state index contributed by atoms with van der Waals surface area (Å²) in [6.07, 6.45) is -1.92. The van der Waals surface area contributed by atoms with Crippen LogP contribution in [0.2, 0.25) is 5.02 Å². The fourth-order valence-electron chi connectivity index (χ4n) is 6.58. The first-order valence-corrected chi connectivity index (χ1v) is 18.1. The first-order valence-electron chi connectivity index (χ1n) is 16.2. The van der Waals surface area contributed by atoms with Gasteiger partial charge in [0.05, 0.1) is 17.5 Å². The number of rotatable bonds is 13. The molecular weight excluding hydrogens is 701 g/mol. The molecule has 0 aromatic heterocycles. The molecule has 0 heterocycles. The lowest BCUT2D eigenvalue weighted by Crippen LogP contribution is -2.58. The van der Waals surface area contributed by atoms with Gasteiger partial charge >= 0.3 is 6.18 Å². The molecule has 0 aliphatic heterocycles. The van der Waals surface area contributed by atoms with Crippen LogP contribution in [0.5, 0.6) is 0 Å². The van der Waals surface area contributed by atoms with Gasteiger partial charge < -0.3 is 15.5 Å². The number of carbonyl (C=O) groups excluding carboxylic acids is 5. The van der Waals surface area contributed by atoms with Gasteiger partial charge in [-0.15, -0.1) is 0 Å². The SMILES string of the molecule is CC(C)C(NC(=O)CN(C(=O)[C@@H](NC(=O)c1ccc(C(=O)NS(=O)(=O)c2ccc(Cl)cc2)cc1)C(C)C)[C@@H]1C[C@H]2CC[C@@H]1C2)C(=O)C(F)(F)F. The molecule has 3 N–H and O–H groups in total. The second-order valence-corrected chi connectivity index (χ2v) is 15.6. The topological polar surface area (TPSA) is 159 Å². The largest absolute Gasteiger partial charge is 0.452 e. The molecular formula is C34H40ClF3N4O7S. The van der Waals surface area contributed by atoms with E-state index < -0.39 is 76.1 Å². The highest BCUT2D eigenvalue weighted by Gasteiger charge is 2.47. The monoisotopic (exact) mass is 740 g/mol. The molecule has 50 heavy (non-hydrogen) atoms. The van der Waals surface area contributed by atoms with Crippen molar-refractivity contribution in [1.29, 1.82) is 0 Å². The molecule has 4 rings (SSSR count). The second-order valence-electron chi connectivity index (χ2n) is 13.5. The number of nitrogens with one attached hydrogen (secondary N) is 3. The molecule has 0 saturated heterocycles. The van der Waals surface area contributed by atoms with E-state index in [1.807, 2.05) is 4.72 Å². The Morgan fingerprint density at radius 2 is 1.38 bits per heavy atom. The minimum Gasteiger partial charge on any atom is -0.344 e. The molecule has 2 aromatic rings. The molecule has 2 saturated carbocycles. The Kier molecular flexibility index (Phi) is 12.0. The highest BCUT2D eigenvalue weighted by molar-refractivity contribution is 7.90. The van der Waals surface area contributed by atoms with Crippen LogP contribution in [0.4, 0.5) is 13.2 Å². The van der Waals surface area contributed by atoms with Gasteiger partial charge in [-0.2, -0.15) is 13.2 Å². The van der Waals surface area contributed by atoms with Crippen molar-refractivity contribution in [2.75, 3.05) is 6.54 Å². The molecule has 11 nitrogen and oxygen atoms in total. The number of nitrogens with zero attached hydrogens (tertiary/aromatic N) is 1. The molecule has 2 aliphatic carbocycles. The van der Waals surface area contributed by atoms with E-state index in [0.717, 1.165) is 19.3 Å². The Bertz CT molecular complexity index is 1720. The lowest BCUT2D eigenvalue weighted by atomic mass is 9.92. The van der Waals surface area contributed by atoms with E-state index in [1.165, 1.54) is 67.3 Å². The van der Waals surface area contributed by atoms with Crippen molar-refractivity contribution >= 4 is 51.0 Å². The van der Waals surface area contributed by atoms with Crippen molar-refractivity contribution < 1.29 is 45.6 Å². The summed E-state index contributed by atoms with van der Waals surface area (Å²) in [7, 11) is -4.21. The van der Waals surface area contributed by atoms with Crippen LogP contribution in [0.3, 0.4) is 0 Å². The van der Waals surface area contributed by atoms with Crippen molar-refractivity contribution in [3.63, 3.8) is 0 Å². The number of hydrogen-bond donors (Lipinski definition) is 3. The van der Waals surface area contributed by atoms with Crippen molar-refractivity contribution in [2.24, 2.45) is 23.7 Å². The smallest absolute Gasteiger partial charge is 0.344 e. The van der Waals surface area contributed by atoms with Gasteiger partial charge in [-0.25, -0.2) is 13.1 Å². The predicted molar refractivity (Wildman–Crippen MR) is 177 cm³/mol. The first kappa shape index (κ1) is 38.8. The van der Waals surface area contributed by atoms with Crippen LogP contribution in [0.15, 0.2) is 53.4 Å². The van der Waals surface area contributed by atoms with Gasteiger partial charge in [0.2, 0.25) is 11.8 Å². The van der Waals surface area contributed by atoms with E-state index in [4.69, 9.17) is 11.6 Å². The summed E-state index contributed by atoms with van der Waals surface area (Å²) in [6, 6.07) is 6.90. The van der Waals surface area contributed by atoms with Crippen LogP contribution in [-0.4, -0.2) is 73.6 Å². The molecule has 1 unspecified atom stereocenters. The lowest BCUT2D eigenvalue weighted by molar-refractivity contribution is -0.175. The number of halogens is 4. The summed E-state index contributed by atoms with van der Waals surface area (Å²) in [5.74, 6) is -6.16. The molecule has 4 amide bonds. The molecule has 0 spiro atoms. The molecule has 5 atom stereocenters. The van der Waals surface area contributed by atoms with Crippen molar-refractivity contribution in [3.05, 3.63) is 64.7 Å². The summed E-state index contributed by atoms with van der Waals surface area (Å²) in [4.78, 5) is 66.6. The van der Waals surface area contributed by atoms with Crippen LogP contribution in [-0.2, 0) is 24.4 Å². The highest BCUT2D eigenvalue weighted by atomic mass is 35.5. The predicted octanol–water partition coefficient (Wildman–Crippen LogP) is 4.50. The van der Waals surface area contributed by atoms with E-state index in [2.05, 4.69) is 10.6 Å². The van der Waals surface area contributed by atoms with Crippen LogP contribution in [0, 0.1) is 23.7 Å². The maximum atomic E-state index is 14.1. The summed E-state index contributed by atoms with van der Waals surface area (Å²) >= 11 is 5.80. The number of benzene rings is 2. The maximum Gasteiger partial charge on any atom is 0.452 e. The zero-order valence-electron chi connectivity index (χ0n) is 27.9. The molecule has 2 aromatic carbocycles. The summed E-state index contributed by atoms with van der Waals surface area (Å²) in [5.41, 5.74) is -0.0111. The van der Waals surface area contributed by atoms with Crippen LogP contribution >= 0.6 is 11.6 Å². The molecule has 0 radical (unpaired) electrons. The summed E-state index contributed by atoms with van der Waals surface area (Å²) in [6.45, 7) is 5.53. The normalized spacial score (nSPS) is 19.9. The number of amides is 4. The fourth-order valence-corrected chi connectivity index (χ4v) is 7.68. The number of Topliss-reactive ketones (excluding diaryl/α,β-unsaturated/α-hetero) is 1. The molecule has 16 heteroatoms. The second kappa shape index (κ2) is 15.5. The lowest BCUT2D eigenvalue weighted by Gasteiger charge is -2.38. The Hall–Kier alpha value is -3.98. The minimum absolute atomic E-state index is 0.0511. The van der Waals surface area contributed by atoms with Gasteiger partial charge in [-0.05, 0) is 91.5 Å². The van der Waals surface area contributed by atoms with Gasteiger partial charge in [0.1, 0.15) is 6.04 Å². The van der Waals surface area contributed by atoms with Gasteiger partial charge in [0.25, 0.3) is 27.6 Å². The van der Waals surface area contributed by atoms with E-state index in [0.29, 0.717) is 17.4 Å². The number of fused-ring (bicyclic) bond motifs is 2. The fraction of sp³-hybridized carbons (Fsp3) is 0.500. The molecule has 2 bridgehead atoms. The molecule has 2 fully saturated rings. The number of hydrogen-bond acceptors (Lipinski definition) is 7. The minimum atomic E-state index is -5.16. The summed E-state index contributed by atoms with van der Waals surface area (Å²) < 4.78 is 66.9. The van der Waals surface area contributed by atoms with Gasteiger partial charge in [0, 0.05) is 22.2 Å². The quantitative estimate of drug-likeness (QED) is 0.273. The standard InChI is InChI=1S/C34H40ClF3N4O7S/c1-18(2)28(30(44)34(36,37)38)39-27(43)17-42(26-16-20-5-6-23(26)15-20)33(47)29(19(3)4)40-31(45)21-7-9-22(10-8-21)32(46)41-50(48,49)25-13-11-24(35)12-14-25/h7-14,18-20,23,26,28-29H,5-6,15-17H2,1-4H3,(H,39,43)(H,40,45)(H,41,46)/t20-,23+,26+,28?,29-/m0/s1.